The standard InChI is InChI=1S/C19H29N3O.C2H6/c1-6-15(3)11-18(7-2)23-14-17(20)13-22-19(4,5)16-9-8-10-21-12-16;1-2/h6-12,17,22H,1,13-14,20H2,2-5H3;1-2H3/b15-11-,18-7+;. The number of allylic oxidation sites excluding steroid dienone is 4. The molecule has 0 spiro atoms. The Morgan fingerprint density at radius 2 is 2.12 bits per heavy atom. The van der Waals surface area contributed by atoms with Crippen molar-refractivity contribution in [2.45, 2.75) is 53.1 Å². The Morgan fingerprint density at radius 1 is 1.44 bits per heavy atom. The van der Waals surface area contributed by atoms with E-state index < -0.39 is 0 Å². The maximum Gasteiger partial charge on any atom is 0.115 e. The van der Waals surface area contributed by atoms with Gasteiger partial charge < -0.3 is 15.8 Å². The fourth-order valence-electron chi connectivity index (χ4n) is 1.97. The molecule has 1 aromatic rings. The molecule has 1 unspecified atom stereocenters. The van der Waals surface area contributed by atoms with Crippen LogP contribution in [0.15, 0.2) is 60.7 Å². The van der Waals surface area contributed by atoms with E-state index in [4.69, 9.17) is 10.5 Å². The molecule has 0 aliphatic carbocycles. The first kappa shape index (κ1) is 23.1. The Hall–Kier alpha value is -1.91. The van der Waals surface area contributed by atoms with Crippen LogP contribution in [0, 0.1) is 0 Å². The highest BCUT2D eigenvalue weighted by atomic mass is 16.5. The number of ether oxygens (including phenoxy) is 1. The average Bonchev–Trinajstić information content (AvgIpc) is 2.65. The van der Waals surface area contributed by atoms with E-state index in [0.717, 1.165) is 16.9 Å². The summed E-state index contributed by atoms with van der Waals surface area (Å²) < 4.78 is 5.76. The first-order valence-corrected chi connectivity index (χ1v) is 8.90. The lowest BCUT2D eigenvalue weighted by atomic mass is 9.96. The number of hydrogen-bond acceptors (Lipinski definition) is 4. The van der Waals surface area contributed by atoms with Gasteiger partial charge in [0.05, 0.1) is 6.04 Å². The monoisotopic (exact) mass is 345 g/mol. The number of rotatable bonds is 9. The van der Waals surface area contributed by atoms with Crippen molar-refractivity contribution in [3.63, 3.8) is 0 Å². The molecule has 4 nitrogen and oxygen atoms in total. The number of pyridine rings is 1. The van der Waals surface area contributed by atoms with Gasteiger partial charge in [-0.05, 0) is 57.0 Å². The summed E-state index contributed by atoms with van der Waals surface area (Å²) in [6.07, 6.45) is 9.32. The van der Waals surface area contributed by atoms with Crippen LogP contribution >= 0.6 is 0 Å². The van der Waals surface area contributed by atoms with Gasteiger partial charge in [-0.25, -0.2) is 0 Å². The summed E-state index contributed by atoms with van der Waals surface area (Å²) in [4.78, 5) is 4.17. The normalized spacial score (nSPS) is 13.6. The molecule has 3 N–H and O–H groups in total. The van der Waals surface area contributed by atoms with Crippen LogP contribution in [0.2, 0.25) is 0 Å². The summed E-state index contributed by atoms with van der Waals surface area (Å²) in [5, 5.41) is 3.47. The molecule has 0 radical (unpaired) electrons. The van der Waals surface area contributed by atoms with Crippen molar-refractivity contribution >= 4 is 0 Å². The lowest BCUT2D eigenvalue weighted by molar-refractivity contribution is 0.196. The van der Waals surface area contributed by atoms with E-state index >= 15 is 0 Å². The van der Waals surface area contributed by atoms with Crippen LogP contribution in [-0.4, -0.2) is 24.2 Å². The smallest absolute Gasteiger partial charge is 0.115 e. The van der Waals surface area contributed by atoms with Crippen molar-refractivity contribution in [2.24, 2.45) is 5.73 Å². The number of aromatic nitrogens is 1. The van der Waals surface area contributed by atoms with E-state index in [1.54, 1.807) is 12.3 Å². The molecule has 1 heterocycles. The Labute approximate surface area is 153 Å². The molecular formula is C21H35N3O. The van der Waals surface area contributed by atoms with E-state index in [1.165, 1.54) is 0 Å². The average molecular weight is 346 g/mol. The molecule has 0 saturated heterocycles. The van der Waals surface area contributed by atoms with Crippen molar-refractivity contribution in [3.8, 4) is 0 Å². The number of nitrogens with zero attached hydrogens (tertiary/aromatic N) is 1. The molecule has 1 atom stereocenters. The predicted octanol–water partition coefficient (Wildman–Crippen LogP) is 4.31. The highest BCUT2D eigenvalue weighted by molar-refractivity contribution is 5.23. The molecule has 25 heavy (non-hydrogen) atoms. The molecule has 0 aromatic carbocycles. The number of nitrogens with two attached hydrogens (primary N) is 1. The van der Waals surface area contributed by atoms with Crippen LogP contribution in [0.4, 0.5) is 0 Å². The van der Waals surface area contributed by atoms with Crippen molar-refractivity contribution in [1.82, 2.24) is 10.3 Å². The van der Waals surface area contributed by atoms with Crippen molar-refractivity contribution in [1.29, 1.82) is 0 Å². The van der Waals surface area contributed by atoms with Crippen LogP contribution < -0.4 is 11.1 Å². The van der Waals surface area contributed by atoms with Gasteiger partial charge in [0.15, 0.2) is 0 Å². The largest absolute Gasteiger partial charge is 0.492 e. The quantitative estimate of drug-likeness (QED) is 0.517. The Kier molecular flexibility index (Phi) is 11.5. The van der Waals surface area contributed by atoms with Gasteiger partial charge in [0, 0.05) is 24.5 Å². The van der Waals surface area contributed by atoms with Crippen molar-refractivity contribution in [3.05, 3.63) is 66.2 Å². The van der Waals surface area contributed by atoms with E-state index in [9.17, 15) is 0 Å². The molecule has 0 bridgehead atoms. The third-order valence-corrected chi connectivity index (χ3v) is 3.63. The van der Waals surface area contributed by atoms with E-state index in [0.29, 0.717) is 13.2 Å². The molecule has 4 heteroatoms. The molecule has 1 rings (SSSR count). The van der Waals surface area contributed by atoms with Crippen molar-refractivity contribution < 1.29 is 4.74 Å². The molecule has 0 amide bonds. The molecule has 0 aliphatic heterocycles. The molecule has 140 valence electrons. The topological polar surface area (TPSA) is 60.2 Å². The zero-order valence-electron chi connectivity index (χ0n) is 16.7. The fourth-order valence-corrected chi connectivity index (χ4v) is 1.97. The van der Waals surface area contributed by atoms with E-state index in [2.05, 4.69) is 36.8 Å². The lowest BCUT2D eigenvalue weighted by Crippen LogP contribution is -2.45. The number of hydrogen-bond donors (Lipinski definition) is 2. The summed E-state index contributed by atoms with van der Waals surface area (Å²) in [5.41, 5.74) is 8.16. The predicted molar refractivity (Wildman–Crippen MR) is 108 cm³/mol. The molecular weight excluding hydrogens is 310 g/mol. The van der Waals surface area contributed by atoms with Gasteiger partial charge >= 0.3 is 0 Å². The third-order valence-electron chi connectivity index (χ3n) is 3.63. The second-order valence-corrected chi connectivity index (χ2v) is 6.10. The molecule has 0 aliphatic rings. The minimum atomic E-state index is -0.186. The zero-order valence-corrected chi connectivity index (χ0v) is 16.7. The molecule has 1 aromatic heterocycles. The lowest BCUT2D eigenvalue weighted by Gasteiger charge is -2.28. The summed E-state index contributed by atoms with van der Waals surface area (Å²) in [5.74, 6) is 0.810. The summed E-state index contributed by atoms with van der Waals surface area (Å²) in [7, 11) is 0. The third kappa shape index (κ3) is 9.22. The minimum Gasteiger partial charge on any atom is -0.492 e. The fraction of sp³-hybridized carbons (Fsp3) is 0.476. The minimum absolute atomic E-state index is 0.0988. The van der Waals surface area contributed by atoms with Crippen molar-refractivity contribution in [2.75, 3.05) is 13.2 Å². The summed E-state index contributed by atoms with van der Waals surface area (Å²) in [6.45, 7) is 17.0. The van der Waals surface area contributed by atoms with Crippen LogP contribution in [0.1, 0.15) is 47.1 Å². The van der Waals surface area contributed by atoms with Crippen LogP contribution in [0.5, 0.6) is 0 Å². The first-order valence-electron chi connectivity index (χ1n) is 8.90. The Balaban J connectivity index is 0.00000277. The zero-order chi connectivity index (χ0) is 19.3. The van der Waals surface area contributed by atoms with Gasteiger partial charge in [-0.15, -0.1) is 0 Å². The summed E-state index contributed by atoms with van der Waals surface area (Å²) in [6, 6.07) is 3.90. The highest BCUT2D eigenvalue weighted by Gasteiger charge is 2.20. The SMILES string of the molecule is C=C/C(C)=C\C(=C/C)OCC(N)CNC(C)(C)c1cccnc1.CC. The van der Waals surface area contributed by atoms with Crippen LogP contribution in [0.3, 0.4) is 0 Å². The summed E-state index contributed by atoms with van der Waals surface area (Å²) >= 11 is 0. The Morgan fingerprint density at radius 3 is 2.64 bits per heavy atom. The van der Waals surface area contributed by atoms with Gasteiger partial charge in [-0.2, -0.15) is 0 Å². The highest BCUT2D eigenvalue weighted by Crippen LogP contribution is 2.18. The second-order valence-electron chi connectivity index (χ2n) is 6.10. The number of nitrogens with one attached hydrogen (secondary N) is 1. The van der Waals surface area contributed by atoms with Gasteiger partial charge in [-0.1, -0.05) is 32.6 Å². The van der Waals surface area contributed by atoms with Gasteiger partial charge in [0.2, 0.25) is 0 Å². The van der Waals surface area contributed by atoms with E-state index in [-0.39, 0.29) is 11.6 Å². The van der Waals surface area contributed by atoms with Gasteiger partial charge in [0.1, 0.15) is 12.4 Å². The van der Waals surface area contributed by atoms with Gasteiger partial charge in [-0.3, -0.25) is 4.98 Å². The van der Waals surface area contributed by atoms with Crippen LogP contribution in [-0.2, 0) is 10.3 Å². The maximum atomic E-state index is 6.15. The Bertz CT molecular complexity index is 548. The maximum absolute atomic E-state index is 6.15. The molecule has 0 fully saturated rings. The second kappa shape index (κ2) is 12.5. The van der Waals surface area contributed by atoms with Crippen LogP contribution in [0.25, 0.3) is 0 Å². The van der Waals surface area contributed by atoms with Gasteiger partial charge in [0.25, 0.3) is 0 Å². The first-order chi connectivity index (χ1) is 11.9. The molecule has 0 saturated carbocycles. The van der Waals surface area contributed by atoms with E-state index in [1.807, 2.05) is 52.1 Å².